The lowest BCUT2D eigenvalue weighted by atomic mass is 9.99. The average Bonchev–Trinajstić information content (AvgIpc) is 3.02. The summed E-state index contributed by atoms with van der Waals surface area (Å²) in [5, 5.41) is 1.21. The lowest BCUT2D eigenvalue weighted by Gasteiger charge is -2.18. The molecule has 0 N–H and O–H groups in total. The lowest BCUT2D eigenvalue weighted by molar-refractivity contribution is 0.523. The fraction of sp³-hybridized carbons (Fsp3) is 0.174. The third kappa shape index (κ3) is 4.11. The summed E-state index contributed by atoms with van der Waals surface area (Å²) in [5.74, 6) is 1.88. The van der Waals surface area contributed by atoms with Gasteiger partial charge in [0.1, 0.15) is 11.5 Å². The van der Waals surface area contributed by atoms with Crippen molar-refractivity contribution in [3.05, 3.63) is 101 Å². The van der Waals surface area contributed by atoms with Gasteiger partial charge in [0.15, 0.2) is 0 Å². The highest BCUT2D eigenvalue weighted by atomic mass is 28.3. The summed E-state index contributed by atoms with van der Waals surface area (Å²) in [6, 6.07) is 25.1. The first-order valence-corrected chi connectivity index (χ1v) is 12.1. The van der Waals surface area contributed by atoms with Crippen molar-refractivity contribution in [3.8, 4) is 0 Å². The first-order chi connectivity index (χ1) is 11.9. The van der Waals surface area contributed by atoms with Crippen molar-refractivity contribution in [2.45, 2.75) is 26.6 Å². The molecule has 0 fully saturated rings. The van der Waals surface area contributed by atoms with Crippen molar-refractivity contribution in [1.82, 2.24) is 0 Å². The third-order valence-corrected chi connectivity index (χ3v) is 5.98. The van der Waals surface area contributed by atoms with Crippen molar-refractivity contribution < 1.29 is 4.42 Å². The van der Waals surface area contributed by atoms with Crippen molar-refractivity contribution >= 4 is 18.8 Å². The van der Waals surface area contributed by atoms with Crippen LogP contribution in [0, 0.1) is 6.92 Å². The van der Waals surface area contributed by atoms with E-state index in [1.54, 1.807) is 0 Å². The summed E-state index contributed by atoms with van der Waals surface area (Å²) in [4.78, 5) is 0. The van der Waals surface area contributed by atoms with E-state index in [0.717, 1.165) is 17.1 Å². The Morgan fingerprint density at radius 2 is 1.28 bits per heavy atom. The van der Waals surface area contributed by atoms with Crippen LogP contribution in [0.4, 0.5) is 0 Å². The smallest absolute Gasteiger partial charge is 0.133 e. The number of aryl methyl sites for hydroxylation is 1. The van der Waals surface area contributed by atoms with Gasteiger partial charge in [-0.05, 0) is 30.2 Å². The highest BCUT2D eigenvalue weighted by Crippen LogP contribution is 2.30. The quantitative estimate of drug-likeness (QED) is 0.385. The molecule has 3 aromatic rings. The minimum atomic E-state index is -1.65. The average molecular weight is 345 g/mol. The first-order valence-electron chi connectivity index (χ1n) is 8.64. The number of benzene rings is 2. The summed E-state index contributed by atoms with van der Waals surface area (Å²) in [6.45, 7) is 8.99. The molecule has 0 aliphatic carbocycles. The Hall–Kier alpha value is -2.54. The molecule has 0 radical (unpaired) electrons. The second-order valence-corrected chi connectivity index (χ2v) is 12.3. The number of hydrogen-bond acceptors (Lipinski definition) is 1. The standard InChI is InChI=1S/C23H24OSi/c1-18-15-16-22(24-18)23(25(2,3)4)17-21(19-11-7-5-8-12-19)20-13-9-6-10-14-20/h5-16H,1-4H3. The van der Waals surface area contributed by atoms with E-state index in [-0.39, 0.29) is 0 Å². The fourth-order valence-corrected chi connectivity index (χ4v) is 4.21. The van der Waals surface area contributed by atoms with Gasteiger partial charge >= 0.3 is 0 Å². The maximum absolute atomic E-state index is 5.97. The van der Waals surface area contributed by atoms with Crippen LogP contribution in [0.3, 0.4) is 0 Å². The molecule has 0 unspecified atom stereocenters. The maximum Gasteiger partial charge on any atom is 0.133 e. The molecule has 2 aromatic carbocycles. The monoisotopic (exact) mass is 344 g/mol. The molecule has 1 nitrogen and oxygen atoms in total. The van der Waals surface area contributed by atoms with Crippen molar-refractivity contribution in [2.24, 2.45) is 0 Å². The molecule has 0 aliphatic rings. The maximum atomic E-state index is 5.97. The second kappa shape index (κ2) is 7.14. The van der Waals surface area contributed by atoms with Gasteiger partial charge in [-0.3, -0.25) is 0 Å². The summed E-state index contributed by atoms with van der Waals surface area (Å²) >= 11 is 0. The molecular weight excluding hydrogens is 320 g/mol. The highest BCUT2D eigenvalue weighted by Gasteiger charge is 2.24. The summed E-state index contributed by atoms with van der Waals surface area (Å²) in [5.41, 5.74) is 7.22. The first kappa shape index (κ1) is 17.3. The molecule has 1 aromatic heterocycles. The topological polar surface area (TPSA) is 13.1 Å². The molecule has 0 saturated heterocycles. The van der Waals surface area contributed by atoms with E-state index in [9.17, 15) is 0 Å². The molecule has 25 heavy (non-hydrogen) atoms. The van der Waals surface area contributed by atoms with Gasteiger partial charge in [-0.25, -0.2) is 0 Å². The van der Waals surface area contributed by atoms with E-state index in [0.29, 0.717) is 0 Å². The van der Waals surface area contributed by atoms with Crippen LogP contribution in [0.2, 0.25) is 19.6 Å². The zero-order valence-electron chi connectivity index (χ0n) is 15.3. The van der Waals surface area contributed by atoms with Gasteiger partial charge in [-0.1, -0.05) is 80.3 Å². The van der Waals surface area contributed by atoms with Crippen LogP contribution >= 0.6 is 0 Å². The van der Waals surface area contributed by atoms with Crippen molar-refractivity contribution in [3.63, 3.8) is 0 Å². The lowest BCUT2D eigenvalue weighted by Crippen LogP contribution is -2.22. The largest absolute Gasteiger partial charge is 0.462 e. The van der Waals surface area contributed by atoms with Crippen LogP contribution in [0.1, 0.15) is 22.6 Å². The Balaban J connectivity index is 2.33. The number of rotatable bonds is 4. The summed E-state index contributed by atoms with van der Waals surface area (Å²) in [7, 11) is -1.65. The minimum absolute atomic E-state index is 0.938. The normalized spacial score (nSPS) is 11.0. The molecule has 0 aliphatic heterocycles. The Labute approximate surface area is 151 Å². The molecular formula is C23H24OSi. The number of furan rings is 1. The molecule has 126 valence electrons. The Morgan fingerprint density at radius 1 is 0.760 bits per heavy atom. The van der Waals surface area contributed by atoms with Crippen molar-refractivity contribution in [2.75, 3.05) is 0 Å². The van der Waals surface area contributed by atoms with E-state index >= 15 is 0 Å². The summed E-state index contributed by atoms with van der Waals surface area (Å²) in [6.07, 6.45) is 0. The Morgan fingerprint density at radius 3 is 1.68 bits per heavy atom. The number of hydrogen-bond donors (Lipinski definition) is 0. The molecule has 0 amide bonds. The zero-order chi connectivity index (χ0) is 17.9. The van der Waals surface area contributed by atoms with Gasteiger partial charge in [0.2, 0.25) is 0 Å². The van der Waals surface area contributed by atoms with E-state index in [2.05, 4.69) is 80.0 Å². The molecule has 1 heterocycles. The molecule has 0 spiro atoms. The molecule has 3 rings (SSSR count). The molecule has 0 bridgehead atoms. The van der Waals surface area contributed by atoms with Crippen molar-refractivity contribution in [1.29, 1.82) is 0 Å². The van der Waals surface area contributed by atoms with Crippen LogP contribution in [0.15, 0.2) is 82.9 Å². The van der Waals surface area contributed by atoms with Gasteiger partial charge in [0.05, 0.1) is 8.07 Å². The van der Waals surface area contributed by atoms with Gasteiger partial charge in [-0.2, -0.15) is 0 Å². The van der Waals surface area contributed by atoms with E-state index < -0.39 is 8.07 Å². The predicted octanol–water partition coefficient (Wildman–Crippen LogP) is 6.58. The predicted molar refractivity (Wildman–Crippen MR) is 109 cm³/mol. The Kier molecular flexibility index (Phi) is 4.94. The summed E-state index contributed by atoms with van der Waals surface area (Å²) < 4.78 is 5.97. The molecule has 2 heteroatoms. The highest BCUT2D eigenvalue weighted by molar-refractivity contribution is 6.93. The van der Waals surface area contributed by atoms with E-state index in [1.807, 2.05) is 25.1 Å². The second-order valence-electron chi connectivity index (χ2n) is 7.27. The minimum Gasteiger partial charge on any atom is -0.462 e. The molecule has 0 saturated carbocycles. The van der Waals surface area contributed by atoms with E-state index in [4.69, 9.17) is 4.42 Å². The molecule has 0 atom stereocenters. The van der Waals surface area contributed by atoms with Gasteiger partial charge < -0.3 is 4.42 Å². The van der Waals surface area contributed by atoms with Crippen LogP contribution < -0.4 is 0 Å². The van der Waals surface area contributed by atoms with Crippen LogP contribution in [-0.4, -0.2) is 8.07 Å². The van der Waals surface area contributed by atoms with Crippen LogP contribution in [-0.2, 0) is 0 Å². The van der Waals surface area contributed by atoms with Crippen LogP contribution in [0.5, 0.6) is 0 Å². The fourth-order valence-electron chi connectivity index (χ4n) is 2.83. The Bertz CT molecular complexity index is 864. The third-order valence-electron chi connectivity index (χ3n) is 4.11. The van der Waals surface area contributed by atoms with Gasteiger partial charge in [0.25, 0.3) is 0 Å². The van der Waals surface area contributed by atoms with Gasteiger partial charge in [0, 0.05) is 10.8 Å². The van der Waals surface area contributed by atoms with Gasteiger partial charge in [-0.15, -0.1) is 5.73 Å². The zero-order valence-corrected chi connectivity index (χ0v) is 16.3. The van der Waals surface area contributed by atoms with Crippen LogP contribution in [0.25, 0.3) is 10.8 Å². The SMILES string of the molecule is Cc1ccc(C(=C=C(c2ccccc2)c2ccccc2)[Si](C)(C)C)o1. The van der Waals surface area contributed by atoms with E-state index in [1.165, 1.54) is 16.3 Å².